The highest BCUT2D eigenvalue weighted by Gasteiger charge is 2.09. The summed E-state index contributed by atoms with van der Waals surface area (Å²) in [5, 5.41) is 3.45. The third kappa shape index (κ3) is 4.80. The molecule has 26 heavy (non-hydrogen) atoms. The SMILES string of the molecule is CN(CCc1ccncc1)c1ccc(C(=O)Nc2ccc(Cl)cc2)cn1. The molecule has 0 aliphatic heterocycles. The molecule has 1 aromatic carbocycles. The second kappa shape index (κ2) is 8.45. The third-order valence-electron chi connectivity index (χ3n) is 3.99. The van der Waals surface area contributed by atoms with Gasteiger partial charge in [0.05, 0.1) is 5.56 Å². The summed E-state index contributed by atoms with van der Waals surface area (Å²) < 4.78 is 0. The molecule has 0 saturated heterocycles. The molecular formula is C20H19ClN4O. The Balaban J connectivity index is 1.58. The highest BCUT2D eigenvalue weighted by atomic mass is 35.5. The van der Waals surface area contributed by atoms with Gasteiger partial charge < -0.3 is 10.2 Å². The van der Waals surface area contributed by atoms with Crippen molar-refractivity contribution in [1.29, 1.82) is 0 Å². The highest BCUT2D eigenvalue weighted by molar-refractivity contribution is 6.30. The molecular weight excluding hydrogens is 348 g/mol. The van der Waals surface area contributed by atoms with Gasteiger partial charge in [-0.1, -0.05) is 11.6 Å². The van der Waals surface area contributed by atoms with Crippen molar-refractivity contribution in [2.45, 2.75) is 6.42 Å². The lowest BCUT2D eigenvalue weighted by molar-refractivity contribution is 0.102. The van der Waals surface area contributed by atoms with Crippen molar-refractivity contribution in [3.8, 4) is 0 Å². The number of hydrogen-bond donors (Lipinski definition) is 1. The topological polar surface area (TPSA) is 58.1 Å². The van der Waals surface area contributed by atoms with E-state index in [2.05, 4.69) is 20.2 Å². The maximum Gasteiger partial charge on any atom is 0.257 e. The number of hydrogen-bond acceptors (Lipinski definition) is 4. The number of nitrogens with one attached hydrogen (secondary N) is 1. The fraction of sp³-hybridized carbons (Fsp3) is 0.150. The van der Waals surface area contributed by atoms with E-state index in [1.165, 1.54) is 5.56 Å². The number of anilines is 2. The number of likely N-dealkylation sites (N-methyl/N-ethyl adjacent to an activating group) is 1. The summed E-state index contributed by atoms with van der Waals surface area (Å²) in [6.07, 6.45) is 6.08. The summed E-state index contributed by atoms with van der Waals surface area (Å²) >= 11 is 5.85. The summed E-state index contributed by atoms with van der Waals surface area (Å²) in [4.78, 5) is 22.8. The lowest BCUT2D eigenvalue weighted by Gasteiger charge is -2.18. The van der Waals surface area contributed by atoms with Gasteiger partial charge in [0.2, 0.25) is 0 Å². The van der Waals surface area contributed by atoms with Crippen LogP contribution in [0.5, 0.6) is 0 Å². The maximum atomic E-state index is 12.3. The first kappa shape index (κ1) is 17.9. The van der Waals surface area contributed by atoms with E-state index in [1.807, 2.05) is 25.2 Å². The van der Waals surface area contributed by atoms with E-state index in [0.717, 1.165) is 18.8 Å². The Morgan fingerprint density at radius 3 is 2.46 bits per heavy atom. The fourth-order valence-electron chi connectivity index (χ4n) is 2.44. The van der Waals surface area contributed by atoms with Crippen LogP contribution in [-0.2, 0) is 6.42 Å². The second-order valence-electron chi connectivity index (χ2n) is 5.89. The first-order valence-electron chi connectivity index (χ1n) is 8.25. The summed E-state index contributed by atoms with van der Waals surface area (Å²) in [5.41, 5.74) is 2.43. The fourth-order valence-corrected chi connectivity index (χ4v) is 2.57. The number of benzene rings is 1. The van der Waals surface area contributed by atoms with Gasteiger partial charge in [0, 0.05) is 42.9 Å². The summed E-state index contributed by atoms with van der Waals surface area (Å²) in [6, 6.07) is 14.6. The van der Waals surface area contributed by atoms with Crippen LogP contribution < -0.4 is 10.2 Å². The van der Waals surface area contributed by atoms with Gasteiger partial charge in [-0.15, -0.1) is 0 Å². The average molecular weight is 367 g/mol. The first-order chi connectivity index (χ1) is 12.6. The van der Waals surface area contributed by atoms with Gasteiger partial charge in [0.1, 0.15) is 5.82 Å². The quantitative estimate of drug-likeness (QED) is 0.714. The van der Waals surface area contributed by atoms with Crippen molar-refractivity contribution in [2.75, 3.05) is 23.8 Å². The molecule has 0 bridgehead atoms. The van der Waals surface area contributed by atoms with Crippen LogP contribution in [0.2, 0.25) is 5.02 Å². The van der Waals surface area contributed by atoms with Gasteiger partial charge in [0.15, 0.2) is 0 Å². The molecule has 2 aromatic heterocycles. The number of carbonyl (C=O) groups is 1. The van der Waals surface area contributed by atoms with Crippen LogP contribution in [0, 0.1) is 0 Å². The molecule has 3 aromatic rings. The van der Waals surface area contributed by atoms with Crippen molar-refractivity contribution in [3.05, 3.63) is 83.3 Å². The molecule has 0 fully saturated rings. The van der Waals surface area contributed by atoms with E-state index in [1.54, 1.807) is 48.9 Å². The molecule has 0 unspecified atom stereocenters. The predicted octanol–water partition coefficient (Wildman–Crippen LogP) is 4.06. The van der Waals surface area contributed by atoms with Gasteiger partial charge in [-0.2, -0.15) is 0 Å². The summed E-state index contributed by atoms with van der Waals surface area (Å²) in [5.74, 6) is 0.618. The molecule has 0 saturated carbocycles. The number of rotatable bonds is 6. The van der Waals surface area contributed by atoms with E-state index >= 15 is 0 Å². The molecule has 0 atom stereocenters. The minimum absolute atomic E-state index is 0.203. The predicted molar refractivity (Wildman–Crippen MR) is 105 cm³/mol. The Labute approximate surface area is 157 Å². The van der Waals surface area contributed by atoms with Gasteiger partial charge in [-0.05, 0) is 60.5 Å². The van der Waals surface area contributed by atoms with Crippen LogP contribution in [0.3, 0.4) is 0 Å². The zero-order chi connectivity index (χ0) is 18.4. The van der Waals surface area contributed by atoms with E-state index in [-0.39, 0.29) is 5.91 Å². The van der Waals surface area contributed by atoms with Crippen LogP contribution in [0.25, 0.3) is 0 Å². The molecule has 5 nitrogen and oxygen atoms in total. The number of halogens is 1. The minimum Gasteiger partial charge on any atom is -0.359 e. The van der Waals surface area contributed by atoms with Gasteiger partial charge in [-0.3, -0.25) is 9.78 Å². The van der Waals surface area contributed by atoms with Crippen molar-refractivity contribution in [3.63, 3.8) is 0 Å². The first-order valence-corrected chi connectivity index (χ1v) is 8.62. The largest absolute Gasteiger partial charge is 0.359 e. The molecule has 6 heteroatoms. The number of amides is 1. The van der Waals surface area contributed by atoms with Gasteiger partial charge in [-0.25, -0.2) is 4.98 Å². The van der Waals surface area contributed by atoms with Crippen molar-refractivity contribution in [1.82, 2.24) is 9.97 Å². The highest BCUT2D eigenvalue weighted by Crippen LogP contribution is 2.15. The lowest BCUT2D eigenvalue weighted by atomic mass is 10.2. The second-order valence-corrected chi connectivity index (χ2v) is 6.33. The van der Waals surface area contributed by atoms with Crippen molar-refractivity contribution in [2.24, 2.45) is 0 Å². The molecule has 0 aliphatic rings. The maximum absolute atomic E-state index is 12.3. The zero-order valence-electron chi connectivity index (χ0n) is 14.4. The average Bonchev–Trinajstić information content (AvgIpc) is 2.69. The Hall–Kier alpha value is -2.92. The summed E-state index contributed by atoms with van der Waals surface area (Å²) in [6.45, 7) is 0.827. The number of carbonyl (C=O) groups excluding carboxylic acids is 1. The molecule has 0 spiro atoms. The van der Waals surface area contributed by atoms with E-state index in [4.69, 9.17) is 11.6 Å². The number of aromatic nitrogens is 2. The molecule has 3 rings (SSSR count). The molecule has 1 amide bonds. The van der Waals surface area contributed by atoms with E-state index in [0.29, 0.717) is 16.3 Å². The Morgan fingerprint density at radius 2 is 1.81 bits per heavy atom. The number of pyridine rings is 2. The van der Waals surface area contributed by atoms with E-state index in [9.17, 15) is 4.79 Å². The summed E-state index contributed by atoms with van der Waals surface area (Å²) in [7, 11) is 1.98. The monoisotopic (exact) mass is 366 g/mol. The molecule has 0 radical (unpaired) electrons. The zero-order valence-corrected chi connectivity index (χ0v) is 15.1. The molecule has 132 valence electrons. The normalized spacial score (nSPS) is 10.4. The van der Waals surface area contributed by atoms with E-state index < -0.39 is 0 Å². The molecule has 0 aliphatic carbocycles. The van der Waals surface area contributed by atoms with Crippen LogP contribution >= 0.6 is 11.6 Å². The minimum atomic E-state index is -0.203. The lowest BCUT2D eigenvalue weighted by Crippen LogP contribution is -2.21. The van der Waals surface area contributed by atoms with Gasteiger partial charge >= 0.3 is 0 Å². The Bertz CT molecular complexity index is 851. The van der Waals surface area contributed by atoms with Crippen molar-refractivity contribution < 1.29 is 4.79 Å². The van der Waals surface area contributed by atoms with Crippen molar-refractivity contribution >= 4 is 29.0 Å². The third-order valence-corrected chi connectivity index (χ3v) is 4.24. The van der Waals surface area contributed by atoms with Crippen LogP contribution in [0.1, 0.15) is 15.9 Å². The smallest absolute Gasteiger partial charge is 0.257 e. The van der Waals surface area contributed by atoms with Crippen LogP contribution in [0.4, 0.5) is 11.5 Å². The Kier molecular flexibility index (Phi) is 5.81. The van der Waals surface area contributed by atoms with Crippen LogP contribution in [-0.4, -0.2) is 29.5 Å². The standard InChI is InChI=1S/C20H19ClN4O/c1-25(13-10-15-8-11-22-12-9-15)19-7-2-16(14-23-19)20(26)24-18-5-3-17(21)4-6-18/h2-9,11-12,14H,10,13H2,1H3,(H,24,26). The molecule has 1 N–H and O–H groups in total. The Morgan fingerprint density at radius 1 is 1.08 bits per heavy atom. The molecule has 2 heterocycles. The van der Waals surface area contributed by atoms with Crippen LogP contribution in [0.15, 0.2) is 67.1 Å². The number of nitrogens with zero attached hydrogens (tertiary/aromatic N) is 3. The van der Waals surface area contributed by atoms with Gasteiger partial charge in [0.25, 0.3) is 5.91 Å².